The zero-order valence-electron chi connectivity index (χ0n) is 13.9. The van der Waals surface area contributed by atoms with Gasteiger partial charge in [-0.05, 0) is 42.0 Å². The molecular weight excluding hydrogens is 289 g/mol. The number of rotatable bonds is 4. The van der Waals surface area contributed by atoms with Crippen molar-refractivity contribution in [2.45, 2.75) is 6.54 Å². The van der Waals surface area contributed by atoms with Crippen molar-refractivity contribution in [2.24, 2.45) is 0 Å². The molecule has 1 aliphatic heterocycles. The van der Waals surface area contributed by atoms with E-state index in [1.807, 2.05) is 12.1 Å². The molecule has 0 bridgehead atoms. The first-order valence-corrected chi connectivity index (χ1v) is 8.11. The molecule has 3 nitrogen and oxygen atoms in total. The second-order valence-electron chi connectivity index (χ2n) is 6.30. The van der Waals surface area contributed by atoms with Crippen LogP contribution in [0.15, 0.2) is 48.5 Å². The van der Waals surface area contributed by atoms with Crippen molar-refractivity contribution < 1.29 is 4.39 Å². The molecule has 0 atom stereocenters. The molecule has 0 N–H and O–H groups in total. The van der Waals surface area contributed by atoms with Gasteiger partial charge in [0.05, 0.1) is 0 Å². The van der Waals surface area contributed by atoms with E-state index in [9.17, 15) is 4.39 Å². The Kier molecular flexibility index (Phi) is 4.82. The molecule has 0 amide bonds. The number of anilines is 2. The van der Waals surface area contributed by atoms with E-state index in [0.717, 1.165) is 38.4 Å². The third kappa shape index (κ3) is 4.02. The summed E-state index contributed by atoms with van der Waals surface area (Å²) in [5.41, 5.74) is 3.70. The van der Waals surface area contributed by atoms with E-state index in [1.165, 1.54) is 23.4 Å². The van der Waals surface area contributed by atoms with Gasteiger partial charge in [-0.2, -0.15) is 0 Å². The van der Waals surface area contributed by atoms with E-state index >= 15 is 0 Å². The molecular formula is C19H24FN3. The largest absolute Gasteiger partial charge is 0.378 e. The summed E-state index contributed by atoms with van der Waals surface area (Å²) in [7, 11) is 4.12. The van der Waals surface area contributed by atoms with E-state index in [0.29, 0.717) is 0 Å². The number of hydrogen-bond donors (Lipinski definition) is 0. The maximum Gasteiger partial charge on any atom is 0.123 e. The van der Waals surface area contributed by atoms with Gasteiger partial charge in [0.2, 0.25) is 0 Å². The van der Waals surface area contributed by atoms with Crippen LogP contribution in [0.5, 0.6) is 0 Å². The summed E-state index contributed by atoms with van der Waals surface area (Å²) in [6, 6.07) is 15.6. The second kappa shape index (κ2) is 7.01. The predicted molar refractivity (Wildman–Crippen MR) is 94.7 cm³/mol. The molecule has 3 rings (SSSR count). The van der Waals surface area contributed by atoms with E-state index < -0.39 is 0 Å². The van der Waals surface area contributed by atoms with Gasteiger partial charge in [0.25, 0.3) is 0 Å². The number of piperazine rings is 1. The summed E-state index contributed by atoms with van der Waals surface area (Å²) in [6.45, 7) is 5.04. The van der Waals surface area contributed by atoms with Crippen LogP contribution in [-0.4, -0.2) is 45.2 Å². The van der Waals surface area contributed by atoms with Crippen molar-refractivity contribution in [3.63, 3.8) is 0 Å². The van der Waals surface area contributed by atoms with E-state index in [-0.39, 0.29) is 5.82 Å². The SMILES string of the molecule is CN(C)c1ccc(CN2CCN(c3ccc(F)cc3)CC2)cc1. The molecule has 1 aliphatic rings. The summed E-state index contributed by atoms with van der Waals surface area (Å²) in [5.74, 6) is -0.173. The number of halogens is 1. The molecule has 23 heavy (non-hydrogen) atoms. The number of nitrogens with zero attached hydrogens (tertiary/aromatic N) is 3. The van der Waals surface area contributed by atoms with Crippen LogP contribution in [0.25, 0.3) is 0 Å². The Morgan fingerprint density at radius 3 is 2.04 bits per heavy atom. The van der Waals surface area contributed by atoms with Crippen LogP contribution in [0.3, 0.4) is 0 Å². The summed E-state index contributed by atoms with van der Waals surface area (Å²) >= 11 is 0. The highest BCUT2D eigenvalue weighted by molar-refractivity contribution is 5.47. The Bertz CT molecular complexity index is 614. The van der Waals surface area contributed by atoms with Crippen LogP contribution in [0.4, 0.5) is 15.8 Å². The van der Waals surface area contributed by atoms with Gasteiger partial charge in [-0.3, -0.25) is 4.90 Å². The lowest BCUT2D eigenvalue weighted by Crippen LogP contribution is -2.45. The fraction of sp³-hybridized carbons (Fsp3) is 0.368. The molecule has 0 saturated carbocycles. The average Bonchev–Trinajstić information content (AvgIpc) is 2.57. The minimum atomic E-state index is -0.173. The van der Waals surface area contributed by atoms with Crippen LogP contribution in [-0.2, 0) is 6.54 Å². The van der Waals surface area contributed by atoms with Gasteiger partial charge < -0.3 is 9.80 Å². The second-order valence-corrected chi connectivity index (χ2v) is 6.30. The van der Waals surface area contributed by atoms with Gasteiger partial charge >= 0.3 is 0 Å². The zero-order valence-corrected chi connectivity index (χ0v) is 13.9. The van der Waals surface area contributed by atoms with Crippen molar-refractivity contribution >= 4 is 11.4 Å². The molecule has 1 heterocycles. The fourth-order valence-corrected chi connectivity index (χ4v) is 2.97. The summed E-state index contributed by atoms with van der Waals surface area (Å²) in [6.07, 6.45) is 0. The molecule has 122 valence electrons. The van der Waals surface area contributed by atoms with Gasteiger partial charge in [0.1, 0.15) is 5.82 Å². The highest BCUT2D eigenvalue weighted by atomic mass is 19.1. The Morgan fingerprint density at radius 2 is 1.48 bits per heavy atom. The van der Waals surface area contributed by atoms with Crippen molar-refractivity contribution in [3.05, 3.63) is 59.9 Å². The van der Waals surface area contributed by atoms with Gasteiger partial charge in [0.15, 0.2) is 0 Å². The lowest BCUT2D eigenvalue weighted by molar-refractivity contribution is 0.250. The van der Waals surface area contributed by atoms with Crippen LogP contribution in [0, 0.1) is 5.82 Å². The van der Waals surface area contributed by atoms with Crippen molar-refractivity contribution in [3.8, 4) is 0 Å². The van der Waals surface area contributed by atoms with Crippen LogP contribution in [0.2, 0.25) is 0 Å². The van der Waals surface area contributed by atoms with Crippen LogP contribution >= 0.6 is 0 Å². The van der Waals surface area contributed by atoms with Crippen LogP contribution < -0.4 is 9.80 Å². The zero-order chi connectivity index (χ0) is 16.2. The lowest BCUT2D eigenvalue weighted by atomic mass is 10.1. The first-order valence-electron chi connectivity index (χ1n) is 8.11. The highest BCUT2D eigenvalue weighted by Crippen LogP contribution is 2.19. The third-order valence-corrected chi connectivity index (χ3v) is 4.42. The highest BCUT2D eigenvalue weighted by Gasteiger charge is 2.17. The van der Waals surface area contributed by atoms with E-state index in [1.54, 1.807) is 0 Å². The first-order chi connectivity index (χ1) is 11.1. The Balaban J connectivity index is 1.53. The molecule has 0 unspecified atom stereocenters. The molecule has 4 heteroatoms. The van der Waals surface area contributed by atoms with E-state index in [4.69, 9.17) is 0 Å². The maximum atomic E-state index is 13.0. The standard InChI is InChI=1S/C19H24FN3/c1-21(2)18-7-3-16(4-8-18)15-22-11-13-23(14-12-22)19-9-5-17(20)6-10-19/h3-10H,11-15H2,1-2H3. The quantitative estimate of drug-likeness (QED) is 0.858. The van der Waals surface area contributed by atoms with Crippen LogP contribution in [0.1, 0.15) is 5.56 Å². The third-order valence-electron chi connectivity index (χ3n) is 4.42. The normalized spacial score (nSPS) is 15.7. The molecule has 2 aromatic rings. The molecule has 0 aliphatic carbocycles. The minimum Gasteiger partial charge on any atom is -0.378 e. The van der Waals surface area contributed by atoms with Gasteiger partial charge in [0, 0.05) is 58.2 Å². The van der Waals surface area contributed by atoms with Crippen molar-refractivity contribution in [1.82, 2.24) is 4.90 Å². The molecule has 0 spiro atoms. The average molecular weight is 313 g/mol. The Labute approximate surface area is 137 Å². The van der Waals surface area contributed by atoms with Gasteiger partial charge in [-0.1, -0.05) is 12.1 Å². The summed E-state index contributed by atoms with van der Waals surface area (Å²) in [4.78, 5) is 6.92. The molecule has 1 fully saturated rings. The predicted octanol–water partition coefficient (Wildman–Crippen LogP) is 3.21. The fourth-order valence-electron chi connectivity index (χ4n) is 2.97. The smallest absolute Gasteiger partial charge is 0.123 e. The lowest BCUT2D eigenvalue weighted by Gasteiger charge is -2.36. The Morgan fingerprint density at radius 1 is 0.870 bits per heavy atom. The van der Waals surface area contributed by atoms with Crippen molar-refractivity contribution in [2.75, 3.05) is 50.1 Å². The molecule has 1 saturated heterocycles. The minimum absolute atomic E-state index is 0.173. The molecule has 0 aromatic heterocycles. The maximum absolute atomic E-state index is 13.0. The topological polar surface area (TPSA) is 9.72 Å². The first kappa shape index (κ1) is 15.8. The van der Waals surface area contributed by atoms with Gasteiger partial charge in [-0.15, -0.1) is 0 Å². The number of benzene rings is 2. The van der Waals surface area contributed by atoms with Gasteiger partial charge in [-0.25, -0.2) is 4.39 Å². The monoisotopic (exact) mass is 313 g/mol. The molecule has 0 radical (unpaired) electrons. The van der Waals surface area contributed by atoms with E-state index in [2.05, 4.69) is 53.1 Å². The summed E-state index contributed by atoms with van der Waals surface area (Å²) in [5, 5.41) is 0. The number of hydrogen-bond acceptors (Lipinski definition) is 3. The Hall–Kier alpha value is -2.07. The van der Waals surface area contributed by atoms with Crippen molar-refractivity contribution in [1.29, 1.82) is 0 Å². The summed E-state index contributed by atoms with van der Waals surface area (Å²) < 4.78 is 13.0. The molecule has 2 aromatic carbocycles.